The Hall–Kier alpha value is -2.85. The summed E-state index contributed by atoms with van der Waals surface area (Å²) < 4.78 is 0. The highest BCUT2D eigenvalue weighted by molar-refractivity contribution is 5.97. The van der Waals surface area contributed by atoms with E-state index in [1.165, 1.54) is 28.7 Å². The topological polar surface area (TPSA) is 77.8 Å². The van der Waals surface area contributed by atoms with Crippen LogP contribution in [0.4, 0.5) is 0 Å². The molecule has 2 aromatic carbocycles. The highest BCUT2D eigenvalue weighted by Crippen LogP contribution is 2.59. The van der Waals surface area contributed by atoms with Crippen molar-refractivity contribution in [2.24, 2.45) is 34.5 Å². The van der Waals surface area contributed by atoms with Crippen LogP contribution in [0.1, 0.15) is 86.5 Å². The lowest BCUT2D eigenvalue weighted by atomic mass is 9.55. The molecule has 0 amide bonds. The van der Waals surface area contributed by atoms with Crippen LogP contribution in [0.5, 0.6) is 11.5 Å². The van der Waals surface area contributed by atoms with Crippen molar-refractivity contribution in [1.29, 1.82) is 0 Å². The molecule has 0 heterocycles. The molecule has 0 radical (unpaired) electrons. The molecule has 2 saturated carbocycles. The van der Waals surface area contributed by atoms with Gasteiger partial charge in [-0.25, -0.2) is 0 Å². The van der Waals surface area contributed by atoms with E-state index in [1.54, 1.807) is 0 Å². The number of ketones is 1. The third-order valence-corrected chi connectivity index (χ3v) is 12.2. The molecule has 9 atom stereocenters. The zero-order chi connectivity index (χ0) is 27.8. The van der Waals surface area contributed by atoms with Crippen LogP contribution in [0.15, 0.2) is 60.7 Å². The summed E-state index contributed by atoms with van der Waals surface area (Å²) in [4.78, 5) is 12.2. The third kappa shape index (κ3) is 3.85. The lowest BCUT2D eigenvalue weighted by Crippen LogP contribution is -2.44. The van der Waals surface area contributed by atoms with Crippen LogP contribution in [0, 0.1) is 34.5 Å². The van der Waals surface area contributed by atoms with Crippen molar-refractivity contribution in [3.05, 3.63) is 83.0 Å². The van der Waals surface area contributed by atoms with Gasteiger partial charge < -0.3 is 15.3 Å². The summed E-state index contributed by atoms with van der Waals surface area (Å²) in [6.45, 7) is 4.41. The first-order chi connectivity index (χ1) is 19.2. The van der Waals surface area contributed by atoms with E-state index in [0.29, 0.717) is 52.8 Å². The van der Waals surface area contributed by atoms with Gasteiger partial charge in [-0.1, -0.05) is 44.2 Å². The first kappa shape index (κ1) is 26.1. The Balaban J connectivity index is 0.000000132. The minimum Gasteiger partial charge on any atom is -0.508 e. The second-order valence-corrected chi connectivity index (χ2v) is 14.0. The summed E-state index contributed by atoms with van der Waals surface area (Å²) in [6, 6.07) is 11.7. The number of benzene rings is 2. The average molecular weight is 539 g/mol. The predicted octanol–water partition coefficient (Wildman–Crippen LogP) is 6.98. The van der Waals surface area contributed by atoms with Gasteiger partial charge in [0.15, 0.2) is 5.78 Å². The number of carbonyl (C=O) groups excluding carboxylic acids is 1. The fraction of sp³-hybridized carbons (Fsp3) is 0.528. The van der Waals surface area contributed by atoms with Crippen LogP contribution in [0.2, 0.25) is 0 Å². The molecule has 2 aromatic rings. The smallest absolute Gasteiger partial charge is 0.161 e. The van der Waals surface area contributed by atoms with Crippen molar-refractivity contribution in [2.45, 2.75) is 83.2 Å². The van der Waals surface area contributed by atoms with Gasteiger partial charge in [-0.05, 0) is 139 Å². The second kappa shape index (κ2) is 9.34. The lowest BCUT2D eigenvalue weighted by Gasteiger charge is -2.50. The van der Waals surface area contributed by atoms with Crippen LogP contribution >= 0.6 is 0 Å². The molecule has 6 aliphatic rings. The fourth-order valence-corrected chi connectivity index (χ4v) is 9.84. The van der Waals surface area contributed by atoms with Gasteiger partial charge in [0, 0.05) is 10.8 Å². The molecule has 3 N–H and O–H groups in total. The number of aliphatic hydroxyl groups excluding tert-OH is 1. The van der Waals surface area contributed by atoms with E-state index in [0.717, 1.165) is 44.9 Å². The number of aromatic hydroxyl groups is 2. The van der Waals surface area contributed by atoms with Gasteiger partial charge in [0.05, 0.1) is 6.10 Å². The Morgan fingerprint density at radius 1 is 0.725 bits per heavy atom. The van der Waals surface area contributed by atoms with E-state index in [9.17, 15) is 20.1 Å². The minimum atomic E-state index is -0.269. The number of allylic oxidation sites excluding steroid dienone is 3. The fourth-order valence-electron chi connectivity index (χ4n) is 9.84. The van der Waals surface area contributed by atoms with Crippen LogP contribution in [0.25, 0.3) is 0 Å². The number of phenols is 2. The van der Waals surface area contributed by atoms with Crippen molar-refractivity contribution in [3.63, 3.8) is 0 Å². The van der Waals surface area contributed by atoms with Gasteiger partial charge in [0.25, 0.3) is 0 Å². The highest BCUT2D eigenvalue weighted by Gasteiger charge is 2.53. The Morgan fingerprint density at radius 3 is 1.93 bits per heavy atom. The van der Waals surface area contributed by atoms with E-state index in [4.69, 9.17) is 0 Å². The summed E-state index contributed by atoms with van der Waals surface area (Å²) >= 11 is 0. The van der Waals surface area contributed by atoms with Crippen LogP contribution < -0.4 is 0 Å². The number of aliphatic hydroxyl groups is 1. The van der Waals surface area contributed by atoms with Gasteiger partial charge >= 0.3 is 0 Å². The Bertz CT molecular complexity index is 1410. The summed E-state index contributed by atoms with van der Waals surface area (Å²) in [5, 5.41) is 29.6. The van der Waals surface area contributed by atoms with E-state index in [-0.39, 0.29) is 16.9 Å². The molecule has 6 aliphatic carbocycles. The summed E-state index contributed by atoms with van der Waals surface area (Å²) in [5.41, 5.74) is 5.40. The van der Waals surface area contributed by atoms with Crippen LogP contribution in [-0.4, -0.2) is 27.2 Å². The maximum absolute atomic E-state index is 12.2. The van der Waals surface area contributed by atoms with Gasteiger partial charge in [-0.15, -0.1) is 0 Å². The molecule has 0 saturated heterocycles. The molecule has 4 heteroatoms. The molecule has 8 rings (SSSR count). The molecule has 4 nitrogen and oxygen atoms in total. The molecule has 0 bridgehead atoms. The Morgan fingerprint density at radius 2 is 1.30 bits per heavy atom. The third-order valence-electron chi connectivity index (χ3n) is 12.2. The SMILES string of the molecule is C[C@]12CCC3c4ccc(O)cc4CCC3C1C=CC2=O.C[C@]12CCC3c4ccc(O)cc4CCC3C1C=C[C@@H]2O. The van der Waals surface area contributed by atoms with Crippen LogP contribution in [-0.2, 0) is 17.6 Å². The summed E-state index contributed by atoms with van der Waals surface area (Å²) in [6.07, 6.45) is 16.7. The summed E-state index contributed by atoms with van der Waals surface area (Å²) in [7, 11) is 0. The molecule has 2 fully saturated rings. The number of aryl methyl sites for hydroxylation is 2. The molecule has 0 aliphatic heterocycles. The van der Waals surface area contributed by atoms with E-state index in [1.807, 2.05) is 36.4 Å². The molecule has 0 aromatic heterocycles. The zero-order valence-electron chi connectivity index (χ0n) is 23.7. The van der Waals surface area contributed by atoms with Crippen molar-refractivity contribution < 1.29 is 20.1 Å². The molecule has 6 unspecified atom stereocenters. The van der Waals surface area contributed by atoms with Crippen molar-refractivity contribution in [1.82, 2.24) is 0 Å². The molecular weight excluding hydrogens is 496 g/mol. The van der Waals surface area contributed by atoms with Gasteiger partial charge in [0.2, 0.25) is 0 Å². The minimum absolute atomic E-state index is 0.0512. The molecule has 0 spiro atoms. The molecule has 40 heavy (non-hydrogen) atoms. The number of hydrogen-bond donors (Lipinski definition) is 3. The zero-order valence-corrected chi connectivity index (χ0v) is 23.7. The van der Waals surface area contributed by atoms with E-state index < -0.39 is 0 Å². The summed E-state index contributed by atoms with van der Waals surface area (Å²) in [5.74, 6) is 4.43. The van der Waals surface area contributed by atoms with Gasteiger partial charge in [-0.2, -0.15) is 0 Å². The number of carbonyl (C=O) groups is 1. The Labute approximate surface area is 237 Å². The van der Waals surface area contributed by atoms with Crippen molar-refractivity contribution in [2.75, 3.05) is 0 Å². The highest BCUT2D eigenvalue weighted by atomic mass is 16.3. The van der Waals surface area contributed by atoms with Crippen molar-refractivity contribution in [3.8, 4) is 11.5 Å². The van der Waals surface area contributed by atoms with E-state index >= 15 is 0 Å². The maximum Gasteiger partial charge on any atom is 0.161 e. The first-order valence-corrected chi connectivity index (χ1v) is 15.4. The lowest BCUT2D eigenvalue weighted by molar-refractivity contribution is -0.126. The number of fused-ring (bicyclic) bond motifs is 10. The average Bonchev–Trinajstić information content (AvgIpc) is 3.43. The number of phenolic OH excluding ortho intramolecular Hbond substituents is 2. The molecule has 210 valence electrons. The number of hydrogen-bond acceptors (Lipinski definition) is 4. The van der Waals surface area contributed by atoms with Crippen LogP contribution in [0.3, 0.4) is 0 Å². The van der Waals surface area contributed by atoms with Crippen molar-refractivity contribution >= 4 is 5.78 Å². The maximum atomic E-state index is 12.2. The quantitative estimate of drug-likeness (QED) is 0.316. The normalized spacial score (nSPS) is 40.1. The monoisotopic (exact) mass is 538 g/mol. The van der Waals surface area contributed by atoms with Gasteiger partial charge in [-0.3, -0.25) is 4.79 Å². The number of rotatable bonds is 0. The Kier molecular flexibility index (Phi) is 6.09. The van der Waals surface area contributed by atoms with E-state index in [2.05, 4.69) is 38.1 Å². The van der Waals surface area contributed by atoms with Gasteiger partial charge in [0.1, 0.15) is 11.5 Å². The largest absolute Gasteiger partial charge is 0.508 e. The second-order valence-electron chi connectivity index (χ2n) is 14.0. The molecular formula is C36H42O4. The standard InChI is InChI=1S/C18H22O2.C18H20O2/c2*1-18-9-8-14-13-5-3-12(19)10-11(13)2-4-15(14)16(18)6-7-17(18)20/h3,5-7,10,14-17,19-20H,2,4,8-9H2,1H3;3,5-7,10,14-16,19H,2,4,8-9H2,1H3/t14?,15?,16?,17-,18-;14?,15?,16?,18-/m00/s1. The first-order valence-electron chi connectivity index (χ1n) is 15.4. The predicted molar refractivity (Wildman–Crippen MR) is 156 cm³/mol.